The molecule has 0 heterocycles. The van der Waals surface area contributed by atoms with Gasteiger partial charge in [0.25, 0.3) is 5.91 Å². The molecular formula is C14H19NO5. The lowest BCUT2D eigenvalue weighted by atomic mass is 10.1. The van der Waals surface area contributed by atoms with Gasteiger partial charge in [-0.25, -0.2) is 4.79 Å². The minimum absolute atomic E-state index is 0.00732. The third-order valence-electron chi connectivity index (χ3n) is 2.91. The van der Waals surface area contributed by atoms with Crippen LogP contribution in [0.3, 0.4) is 0 Å². The Bertz CT molecular complexity index is 486. The molecule has 0 radical (unpaired) electrons. The molecule has 1 aromatic carbocycles. The molecule has 0 saturated heterocycles. The molecular weight excluding hydrogens is 262 g/mol. The van der Waals surface area contributed by atoms with E-state index in [-0.39, 0.29) is 17.1 Å². The number of para-hydroxylation sites is 1. The van der Waals surface area contributed by atoms with Gasteiger partial charge in [-0.3, -0.25) is 4.79 Å². The van der Waals surface area contributed by atoms with E-state index in [1.807, 2.05) is 6.92 Å². The molecule has 0 fully saturated rings. The second kappa shape index (κ2) is 7.37. The molecule has 0 aromatic heterocycles. The molecule has 0 aliphatic carbocycles. The zero-order chi connectivity index (χ0) is 15.1. The van der Waals surface area contributed by atoms with Crippen LogP contribution >= 0.6 is 0 Å². The van der Waals surface area contributed by atoms with Gasteiger partial charge in [0.2, 0.25) is 0 Å². The van der Waals surface area contributed by atoms with E-state index < -0.39 is 17.9 Å². The van der Waals surface area contributed by atoms with E-state index in [0.717, 1.165) is 6.42 Å². The van der Waals surface area contributed by atoms with Gasteiger partial charge < -0.3 is 20.3 Å². The van der Waals surface area contributed by atoms with Crippen molar-refractivity contribution in [2.75, 3.05) is 7.11 Å². The van der Waals surface area contributed by atoms with Gasteiger partial charge in [0, 0.05) is 0 Å². The van der Waals surface area contributed by atoms with Crippen LogP contribution in [0.5, 0.6) is 11.5 Å². The summed E-state index contributed by atoms with van der Waals surface area (Å²) in [4.78, 5) is 23.1. The zero-order valence-corrected chi connectivity index (χ0v) is 11.5. The summed E-state index contributed by atoms with van der Waals surface area (Å²) < 4.78 is 4.91. The Balaban J connectivity index is 2.86. The third-order valence-corrected chi connectivity index (χ3v) is 2.91. The fourth-order valence-corrected chi connectivity index (χ4v) is 1.77. The van der Waals surface area contributed by atoms with Gasteiger partial charge in [0.05, 0.1) is 12.7 Å². The van der Waals surface area contributed by atoms with Crippen molar-refractivity contribution in [2.24, 2.45) is 0 Å². The molecule has 110 valence electrons. The van der Waals surface area contributed by atoms with Crippen LogP contribution in [0.1, 0.15) is 36.5 Å². The highest BCUT2D eigenvalue weighted by Crippen LogP contribution is 2.29. The molecule has 3 N–H and O–H groups in total. The quantitative estimate of drug-likeness (QED) is 0.708. The summed E-state index contributed by atoms with van der Waals surface area (Å²) in [5.74, 6) is -1.86. The number of aliphatic carboxylic acids is 1. The smallest absolute Gasteiger partial charge is 0.326 e. The summed E-state index contributed by atoms with van der Waals surface area (Å²) in [7, 11) is 1.37. The third kappa shape index (κ3) is 3.88. The van der Waals surface area contributed by atoms with Crippen LogP contribution in [-0.2, 0) is 4.79 Å². The number of amides is 1. The van der Waals surface area contributed by atoms with Crippen LogP contribution in [-0.4, -0.2) is 35.2 Å². The van der Waals surface area contributed by atoms with Gasteiger partial charge in [0.15, 0.2) is 11.5 Å². The number of ether oxygens (including phenoxy) is 1. The monoisotopic (exact) mass is 281 g/mol. The molecule has 6 heteroatoms. The second-order valence-electron chi connectivity index (χ2n) is 4.36. The normalized spacial score (nSPS) is 11.7. The maximum absolute atomic E-state index is 12.0. The lowest BCUT2D eigenvalue weighted by molar-refractivity contribution is -0.139. The minimum Gasteiger partial charge on any atom is -0.504 e. The first-order valence-electron chi connectivity index (χ1n) is 6.40. The molecule has 1 amide bonds. The zero-order valence-electron chi connectivity index (χ0n) is 11.5. The van der Waals surface area contributed by atoms with Crippen molar-refractivity contribution in [3.8, 4) is 11.5 Å². The highest BCUT2D eigenvalue weighted by molar-refractivity contribution is 5.99. The standard InChI is InChI=1S/C14H19NO5/c1-3-4-7-10(14(18)19)15-13(17)9-6-5-8-11(20-2)12(9)16/h5-6,8,10,16H,3-4,7H2,1-2H3,(H,15,17)(H,18,19). The van der Waals surface area contributed by atoms with Crippen LogP contribution in [0.15, 0.2) is 18.2 Å². The number of hydrogen-bond acceptors (Lipinski definition) is 4. The largest absolute Gasteiger partial charge is 0.504 e. The van der Waals surface area contributed by atoms with Gasteiger partial charge in [-0.2, -0.15) is 0 Å². The Morgan fingerprint density at radius 1 is 1.40 bits per heavy atom. The molecule has 0 aliphatic heterocycles. The molecule has 0 saturated carbocycles. The summed E-state index contributed by atoms with van der Waals surface area (Å²) in [6, 6.07) is 3.51. The number of benzene rings is 1. The Morgan fingerprint density at radius 2 is 2.10 bits per heavy atom. The van der Waals surface area contributed by atoms with Crippen LogP contribution in [0, 0.1) is 0 Å². The van der Waals surface area contributed by atoms with Gasteiger partial charge in [-0.05, 0) is 18.6 Å². The van der Waals surface area contributed by atoms with E-state index in [0.29, 0.717) is 12.8 Å². The predicted octanol–water partition coefficient (Wildman–Crippen LogP) is 1.77. The first-order chi connectivity index (χ1) is 9.51. The summed E-state index contributed by atoms with van der Waals surface area (Å²) in [6.07, 6.45) is 1.88. The number of unbranched alkanes of at least 4 members (excludes halogenated alkanes) is 1. The van der Waals surface area contributed by atoms with Gasteiger partial charge in [0.1, 0.15) is 6.04 Å². The fraction of sp³-hybridized carbons (Fsp3) is 0.429. The van der Waals surface area contributed by atoms with Crippen LogP contribution in [0.25, 0.3) is 0 Å². The second-order valence-corrected chi connectivity index (χ2v) is 4.36. The van der Waals surface area contributed by atoms with E-state index in [1.54, 1.807) is 6.07 Å². The molecule has 0 aliphatic rings. The van der Waals surface area contributed by atoms with E-state index >= 15 is 0 Å². The van der Waals surface area contributed by atoms with Crippen LogP contribution < -0.4 is 10.1 Å². The lowest BCUT2D eigenvalue weighted by Gasteiger charge is -2.15. The summed E-state index contributed by atoms with van der Waals surface area (Å²) in [5.41, 5.74) is -0.00732. The lowest BCUT2D eigenvalue weighted by Crippen LogP contribution is -2.40. The number of carboxylic acids is 1. The van der Waals surface area contributed by atoms with Crippen molar-refractivity contribution in [1.29, 1.82) is 0 Å². The molecule has 6 nitrogen and oxygen atoms in total. The number of nitrogens with one attached hydrogen (secondary N) is 1. The van der Waals surface area contributed by atoms with Crippen molar-refractivity contribution in [2.45, 2.75) is 32.2 Å². The summed E-state index contributed by atoms with van der Waals surface area (Å²) >= 11 is 0. The van der Waals surface area contributed by atoms with E-state index in [2.05, 4.69) is 5.32 Å². The number of aromatic hydroxyl groups is 1. The van der Waals surface area contributed by atoms with Crippen LogP contribution in [0.4, 0.5) is 0 Å². The topological polar surface area (TPSA) is 95.9 Å². The Kier molecular flexibility index (Phi) is 5.83. The molecule has 20 heavy (non-hydrogen) atoms. The van der Waals surface area contributed by atoms with E-state index in [9.17, 15) is 14.7 Å². The predicted molar refractivity (Wildman–Crippen MR) is 73.1 cm³/mol. The van der Waals surface area contributed by atoms with Crippen molar-refractivity contribution < 1.29 is 24.5 Å². The maximum atomic E-state index is 12.0. The van der Waals surface area contributed by atoms with Crippen LogP contribution in [0.2, 0.25) is 0 Å². The number of carbonyl (C=O) groups is 2. The number of carbonyl (C=O) groups excluding carboxylic acids is 1. The highest BCUT2D eigenvalue weighted by atomic mass is 16.5. The van der Waals surface area contributed by atoms with Crippen molar-refractivity contribution >= 4 is 11.9 Å². The minimum atomic E-state index is -1.09. The van der Waals surface area contributed by atoms with E-state index in [4.69, 9.17) is 9.84 Å². The van der Waals surface area contributed by atoms with Gasteiger partial charge in [-0.15, -0.1) is 0 Å². The van der Waals surface area contributed by atoms with Crippen molar-refractivity contribution in [3.05, 3.63) is 23.8 Å². The average molecular weight is 281 g/mol. The Labute approximate surface area is 117 Å². The Hall–Kier alpha value is -2.24. The van der Waals surface area contributed by atoms with Gasteiger partial charge >= 0.3 is 5.97 Å². The SMILES string of the molecule is CCCCC(NC(=O)c1cccc(OC)c1O)C(=O)O. The van der Waals surface area contributed by atoms with Gasteiger partial charge in [-0.1, -0.05) is 25.8 Å². The number of hydrogen-bond donors (Lipinski definition) is 3. The average Bonchev–Trinajstić information content (AvgIpc) is 2.43. The van der Waals surface area contributed by atoms with Crippen molar-refractivity contribution in [3.63, 3.8) is 0 Å². The first kappa shape index (κ1) is 15.8. The number of carboxylic acid groups (broad SMARTS) is 1. The maximum Gasteiger partial charge on any atom is 0.326 e. The molecule has 1 atom stereocenters. The molecule has 0 bridgehead atoms. The summed E-state index contributed by atoms with van der Waals surface area (Å²) in [6.45, 7) is 1.94. The highest BCUT2D eigenvalue weighted by Gasteiger charge is 2.22. The summed E-state index contributed by atoms with van der Waals surface area (Å²) in [5, 5.41) is 21.3. The number of phenols is 1. The fourth-order valence-electron chi connectivity index (χ4n) is 1.77. The molecule has 0 spiro atoms. The first-order valence-corrected chi connectivity index (χ1v) is 6.40. The number of methoxy groups -OCH3 is 1. The van der Waals surface area contributed by atoms with E-state index in [1.165, 1.54) is 19.2 Å². The number of phenolic OH excluding ortho intramolecular Hbond substituents is 1. The molecule has 1 unspecified atom stereocenters. The molecule has 1 aromatic rings. The van der Waals surface area contributed by atoms with Crippen molar-refractivity contribution in [1.82, 2.24) is 5.32 Å². The molecule has 1 rings (SSSR count). The number of rotatable bonds is 7. The Morgan fingerprint density at radius 3 is 2.65 bits per heavy atom.